The number of carbonyl (C=O) groups is 2. The van der Waals surface area contributed by atoms with Crippen LogP contribution in [0.2, 0.25) is 0 Å². The number of hydrogen-bond acceptors (Lipinski definition) is 6. The molecule has 2 amide bonds. The number of sulfonamides is 1. The van der Waals surface area contributed by atoms with Crippen molar-refractivity contribution in [3.05, 3.63) is 52.5 Å². The second kappa shape index (κ2) is 13.5. The highest BCUT2D eigenvalue weighted by Crippen LogP contribution is 2.33. The third-order valence-corrected chi connectivity index (χ3v) is 7.25. The maximum Gasteiger partial charge on any atom is 0.244 e. The molecule has 11 heteroatoms. The van der Waals surface area contributed by atoms with E-state index in [1.54, 1.807) is 19.1 Å². The summed E-state index contributed by atoms with van der Waals surface area (Å²) >= 11 is 3.39. The monoisotopic (exact) mass is 583 g/mol. The fourth-order valence-corrected chi connectivity index (χ4v) is 4.61. The summed E-state index contributed by atoms with van der Waals surface area (Å²) in [7, 11) is -0.991. The van der Waals surface area contributed by atoms with Gasteiger partial charge in [-0.1, -0.05) is 41.4 Å². The van der Waals surface area contributed by atoms with Crippen LogP contribution in [0.15, 0.2) is 46.9 Å². The number of hydrogen-bond donors (Lipinski definition) is 1. The van der Waals surface area contributed by atoms with Crippen molar-refractivity contribution in [1.82, 2.24) is 10.2 Å². The van der Waals surface area contributed by atoms with Crippen LogP contribution in [0.25, 0.3) is 0 Å². The third kappa shape index (κ3) is 8.12. The number of methoxy groups -OCH3 is 2. The molecule has 0 fully saturated rings. The Kier molecular flexibility index (Phi) is 11.0. The lowest BCUT2D eigenvalue weighted by Crippen LogP contribution is -2.51. The number of unbranched alkanes of at least 4 members (excludes halogenated alkanes) is 1. The van der Waals surface area contributed by atoms with Gasteiger partial charge in [0.25, 0.3) is 0 Å². The van der Waals surface area contributed by atoms with Crippen molar-refractivity contribution in [3.63, 3.8) is 0 Å². The number of halogens is 1. The standard InChI is InChI=1S/C25H34BrN3O6S/c1-6-7-14-27-25(31)18(2)28(16-19-8-10-20(26)11-9-19)24(30)17-29(36(5,32)33)22-13-12-21(34-3)15-23(22)35-4/h8-13,15,18H,6-7,14,16-17H2,1-5H3,(H,27,31)/t18-/m1/s1. The SMILES string of the molecule is CCCCNC(=O)[C@@H](C)N(Cc1ccc(Br)cc1)C(=O)CN(c1ccc(OC)cc1OC)S(C)(=O)=O. The molecule has 0 radical (unpaired) electrons. The van der Waals surface area contributed by atoms with Crippen molar-refractivity contribution >= 4 is 43.5 Å². The Morgan fingerprint density at radius 2 is 1.75 bits per heavy atom. The fraction of sp³-hybridized carbons (Fsp3) is 0.440. The summed E-state index contributed by atoms with van der Waals surface area (Å²) in [5.74, 6) is -0.122. The maximum atomic E-state index is 13.6. The van der Waals surface area contributed by atoms with E-state index >= 15 is 0 Å². The van der Waals surface area contributed by atoms with Gasteiger partial charge in [-0.2, -0.15) is 0 Å². The molecule has 0 aliphatic heterocycles. The van der Waals surface area contributed by atoms with Crippen molar-refractivity contribution in [3.8, 4) is 11.5 Å². The molecule has 0 aromatic heterocycles. The summed E-state index contributed by atoms with van der Waals surface area (Å²) in [6, 6.07) is 11.2. The molecule has 0 saturated carbocycles. The minimum absolute atomic E-state index is 0.131. The van der Waals surface area contributed by atoms with Gasteiger partial charge in [-0.05, 0) is 43.2 Å². The lowest BCUT2D eigenvalue weighted by molar-refractivity contribution is -0.139. The van der Waals surface area contributed by atoms with Crippen LogP contribution in [0.3, 0.4) is 0 Å². The Bertz CT molecular complexity index is 1140. The van der Waals surface area contributed by atoms with E-state index in [1.165, 1.54) is 25.2 Å². The predicted octanol–water partition coefficient (Wildman–Crippen LogP) is 3.57. The minimum Gasteiger partial charge on any atom is -0.497 e. The van der Waals surface area contributed by atoms with E-state index < -0.39 is 28.5 Å². The van der Waals surface area contributed by atoms with Crippen LogP contribution < -0.4 is 19.1 Å². The van der Waals surface area contributed by atoms with Crippen LogP contribution in [0, 0.1) is 0 Å². The van der Waals surface area contributed by atoms with Crippen molar-refractivity contribution < 1.29 is 27.5 Å². The molecular weight excluding hydrogens is 550 g/mol. The van der Waals surface area contributed by atoms with Gasteiger partial charge in [0.15, 0.2) is 0 Å². The molecule has 0 unspecified atom stereocenters. The Balaban J connectivity index is 2.41. The number of rotatable bonds is 13. The molecule has 0 aliphatic carbocycles. The molecule has 0 bridgehead atoms. The van der Waals surface area contributed by atoms with E-state index in [1.807, 2.05) is 31.2 Å². The first kappa shape index (κ1) is 29.4. The average molecular weight is 585 g/mol. The number of amides is 2. The van der Waals surface area contributed by atoms with E-state index in [2.05, 4.69) is 21.2 Å². The van der Waals surface area contributed by atoms with Crippen molar-refractivity contribution in [2.45, 2.75) is 39.3 Å². The summed E-state index contributed by atoms with van der Waals surface area (Å²) in [4.78, 5) is 27.8. The Morgan fingerprint density at radius 1 is 1.08 bits per heavy atom. The molecule has 9 nitrogen and oxygen atoms in total. The Hall–Kier alpha value is -2.79. The van der Waals surface area contributed by atoms with Gasteiger partial charge in [-0.15, -0.1) is 0 Å². The molecule has 1 atom stereocenters. The number of carbonyl (C=O) groups excluding carboxylic acids is 2. The largest absolute Gasteiger partial charge is 0.497 e. The number of ether oxygens (including phenoxy) is 2. The van der Waals surface area contributed by atoms with Crippen molar-refractivity contribution in [1.29, 1.82) is 0 Å². The van der Waals surface area contributed by atoms with E-state index in [-0.39, 0.29) is 23.9 Å². The zero-order valence-corrected chi connectivity index (χ0v) is 23.7. The summed E-state index contributed by atoms with van der Waals surface area (Å²) in [5, 5.41) is 2.85. The van der Waals surface area contributed by atoms with E-state index in [0.717, 1.165) is 33.4 Å². The zero-order chi connectivity index (χ0) is 26.9. The highest BCUT2D eigenvalue weighted by atomic mass is 79.9. The summed E-state index contributed by atoms with van der Waals surface area (Å²) in [6.07, 6.45) is 2.76. The molecule has 2 rings (SSSR count). The van der Waals surface area contributed by atoms with Crippen molar-refractivity contribution in [2.75, 3.05) is 37.9 Å². The highest BCUT2D eigenvalue weighted by Gasteiger charge is 2.31. The van der Waals surface area contributed by atoms with E-state index in [9.17, 15) is 18.0 Å². The predicted molar refractivity (Wildman–Crippen MR) is 144 cm³/mol. The highest BCUT2D eigenvalue weighted by molar-refractivity contribution is 9.10. The summed E-state index contributed by atoms with van der Waals surface area (Å²) in [5.41, 5.74) is 0.991. The van der Waals surface area contributed by atoms with Gasteiger partial charge < -0.3 is 19.7 Å². The first-order valence-corrected chi connectivity index (χ1v) is 14.2. The van der Waals surface area contributed by atoms with Crippen molar-refractivity contribution in [2.24, 2.45) is 0 Å². The first-order valence-electron chi connectivity index (χ1n) is 11.5. The number of nitrogens with one attached hydrogen (secondary N) is 1. The van der Waals surface area contributed by atoms with Gasteiger partial charge in [-0.3, -0.25) is 13.9 Å². The molecular formula is C25H34BrN3O6S. The van der Waals surface area contributed by atoms with Gasteiger partial charge in [0.05, 0.1) is 26.2 Å². The minimum atomic E-state index is -3.88. The van der Waals surface area contributed by atoms with Crippen LogP contribution >= 0.6 is 15.9 Å². The topological polar surface area (TPSA) is 105 Å². The van der Waals surface area contributed by atoms with Gasteiger partial charge in [0.1, 0.15) is 24.1 Å². The number of benzene rings is 2. The summed E-state index contributed by atoms with van der Waals surface area (Å²) < 4.78 is 38.0. The first-order chi connectivity index (χ1) is 17.0. The van der Waals surface area contributed by atoms with Gasteiger partial charge in [-0.25, -0.2) is 8.42 Å². The van der Waals surface area contributed by atoms with Crippen LogP contribution in [-0.4, -0.2) is 64.7 Å². The van der Waals surface area contributed by atoms with Crippen LogP contribution in [-0.2, 0) is 26.2 Å². The molecule has 36 heavy (non-hydrogen) atoms. The molecule has 0 aliphatic rings. The van der Waals surface area contributed by atoms with Crippen LogP contribution in [0.1, 0.15) is 32.3 Å². The second-order valence-electron chi connectivity index (χ2n) is 8.28. The quantitative estimate of drug-likeness (QED) is 0.361. The molecule has 1 N–H and O–H groups in total. The van der Waals surface area contributed by atoms with Crippen LogP contribution in [0.5, 0.6) is 11.5 Å². The smallest absolute Gasteiger partial charge is 0.244 e. The number of anilines is 1. The lowest BCUT2D eigenvalue weighted by atomic mass is 10.1. The lowest BCUT2D eigenvalue weighted by Gasteiger charge is -2.32. The normalized spacial score (nSPS) is 11.9. The Morgan fingerprint density at radius 3 is 2.31 bits per heavy atom. The molecule has 198 valence electrons. The molecule has 2 aromatic carbocycles. The number of nitrogens with zero attached hydrogens (tertiary/aromatic N) is 2. The Labute approximate surface area is 221 Å². The average Bonchev–Trinajstić information content (AvgIpc) is 2.85. The van der Waals surface area contributed by atoms with E-state index in [4.69, 9.17) is 9.47 Å². The molecule has 0 spiro atoms. The second-order valence-corrected chi connectivity index (χ2v) is 11.1. The molecule has 0 heterocycles. The van der Waals surface area contributed by atoms with Gasteiger partial charge in [0.2, 0.25) is 21.8 Å². The maximum absolute atomic E-state index is 13.6. The third-order valence-electron chi connectivity index (χ3n) is 5.60. The zero-order valence-electron chi connectivity index (χ0n) is 21.3. The molecule has 0 saturated heterocycles. The van der Waals surface area contributed by atoms with Gasteiger partial charge in [0, 0.05) is 23.6 Å². The van der Waals surface area contributed by atoms with Gasteiger partial charge >= 0.3 is 0 Å². The van der Waals surface area contributed by atoms with Crippen LogP contribution in [0.4, 0.5) is 5.69 Å². The summed E-state index contributed by atoms with van der Waals surface area (Å²) in [6.45, 7) is 3.78. The van der Waals surface area contributed by atoms with E-state index in [0.29, 0.717) is 12.3 Å². The fourth-order valence-electron chi connectivity index (χ4n) is 3.49. The molecule has 2 aromatic rings.